The third-order valence-electron chi connectivity index (χ3n) is 2.90. The Kier molecular flexibility index (Phi) is 4.30. The SMILES string of the molecule is CC(C)N(C)CC1CCC(I)C1. The lowest BCUT2D eigenvalue weighted by molar-refractivity contribution is 0.232. The summed E-state index contributed by atoms with van der Waals surface area (Å²) in [5.74, 6) is 0.972. The molecule has 0 radical (unpaired) electrons. The van der Waals surface area contributed by atoms with E-state index in [9.17, 15) is 0 Å². The summed E-state index contributed by atoms with van der Waals surface area (Å²) in [4.78, 5) is 2.47. The van der Waals surface area contributed by atoms with Crippen LogP contribution in [0.3, 0.4) is 0 Å². The van der Waals surface area contributed by atoms with Crippen molar-refractivity contribution in [3.05, 3.63) is 0 Å². The second-order valence-electron chi connectivity index (χ2n) is 4.31. The highest BCUT2D eigenvalue weighted by Gasteiger charge is 2.23. The number of rotatable bonds is 3. The zero-order valence-corrected chi connectivity index (χ0v) is 10.5. The van der Waals surface area contributed by atoms with E-state index in [0.29, 0.717) is 6.04 Å². The predicted molar refractivity (Wildman–Crippen MR) is 62.9 cm³/mol. The summed E-state index contributed by atoms with van der Waals surface area (Å²) in [5.41, 5.74) is 0. The Morgan fingerprint density at radius 3 is 2.50 bits per heavy atom. The van der Waals surface area contributed by atoms with Crippen LogP contribution in [0.25, 0.3) is 0 Å². The fourth-order valence-corrected chi connectivity index (χ4v) is 2.88. The first-order valence-electron chi connectivity index (χ1n) is 4.94. The van der Waals surface area contributed by atoms with Gasteiger partial charge in [0.25, 0.3) is 0 Å². The van der Waals surface area contributed by atoms with Crippen molar-refractivity contribution in [3.63, 3.8) is 0 Å². The topological polar surface area (TPSA) is 3.24 Å². The summed E-state index contributed by atoms with van der Waals surface area (Å²) in [6.45, 7) is 5.85. The third-order valence-corrected chi connectivity index (χ3v) is 4.04. The van der Waals surface area contributed by atoms with Gasteiger partial charge in [0.15, 0.2) is 0 Å². The van der Waals surface area contributed by atoms with E-state index in [1.807, 2.05) is 0 Å². The fourth-order valence-electron chi connectivity index (χ4n) is 1.80. The molecule has 0 aromatic carbocycles. The maximum Gasteiger partial charge on any atom is 0.0113 e. The average Bonchev–Trinajstić information content (AvgIpc) is 2.35. The molecule has 0 saturated heterocycles. The van der Waals surface area contributed by atoms with Crippen LogP contribution in [0.15, 0.2) is 0 Å². The van der Waals surface area contributed by atoms with Crippen LogP contribution in [-0.4, -0.2) is 28.5 Å². The molecule has 1 rings (SSSR count). The largest absolute Gasteiger partial charge is 0.304 e. The van der Waals surface area contributed by atoms with Crippen LogP contribution >= 0.6 is 22.6 Å². The molecule has 1 aliphatic rings. The molecular formula is C10H20IN. The van der Waals surface area contributed by atoms with Crippen molar-refractivity contribution in [3.8, 4) is 0 Å². The van der Waals surface area contributed by atoms with Gasteiger partial charge in [-0.25, -0.2) is 0 Å². The Balaban J connectivity index is 2.23. The molecule has 0 amide bonds. The second kappa shape index (κ2) is 4.80. The zero-order chi connectivity index (χ0) is 9.14. The van der Waals surface area contributed by atoms with Gasteiger partial charge in [-0.3, -0.25) is 0 Å². The molecule has 0 aliphatic heterocycles. The molecular weight excluding hydrogens is 261 g/mol. The molecule has 0 bridgehead atoms. The summed E-state index contributed by atoms with van der Waals surface area (Å²) >= 11 is 2.59. The van der Waals surface area contributed by atoms with Crippen molar-refractivity contribution >= 4 is 22.6 Å². The summed E-state index contributed by atoms with van der Waals surface area (Å²) < 4.78 is 0.952. The van der Waals surface area contributed by atoms with Gasteiger partial charge in [0.1, 0.15) is 0 Å². The molecule has 1 saturated carbocycles. The van der Waals surface area contributed by atoms with Crippen molar-refractivity contribution < 1.29 is 0 Å². The van der Waals surface area contributed by atoms with Gasteiger partial charge in [-0.15, -0.1) is 0 Å². The lowest BCUT2D eigenvalue weighted by Crippen LogP contribution is -2.30. The molecule has 0 heterocycles. The smallest absolute Gasteiger partial charge is 0.0113 e. The first kappa shape index (κ1) is 10.8. The summed E-state index contributed by atoms with van der Waals surface area (Å²) in [6, 6.07) is 0.707. The highest BCUT2D eigenvalue weighted by molar-refractivity contribution is 14.1. The quantitative estimate of drug-likeness (QED) is 0.568. The molecule has 2 heteroatoms. The minimum atomic E-state index is 0.707. The first-order chi connectivity index (χ1) is 5.59. The Bertz CT molecular complexity index is 136. The third kappa shape index (κ3) is 3.21. The van der Waals surface area contributed by atoms with Crippen molar-refractivity contribution in [2.45, 2.75) is 43.1 Å². The van der Waals surface area contributed by atoms with E-state index in [4.69, 9.17) is 0 Å². The normalized spacial score (nSPS) is 30.5. The van der Waals surface area contributed by atoms with Gasteiger partial charge in [0.05, 0.1) is 0 Å². The van der Waals surface area contributed by atoms with Crippen LogP contribution in [0.1, 0.15) is 33.1 Å². The summed E-state index contributed by atoms with van der Waals surface area (Å²) in [7, 11) is 2.24. The highest BCUT2D eigenvalue weighted by Crippen LogP contribution is 2.31. The monoisotopic (exact) mass is 281 g/mol. The van der Waals surface area contributed by atoms with E-state index in [0.717, 1.165) is 9.84 Å². The predicted octanol–water partition coefficient (Wildman–Crippen LogP) is 2.93. The van der Waals surface area contributed by atoms with Crippen LogP contribution in [0.2, 0.25) is 0 Å². The number of hydrogen-bond donors (Lipinski definition) is 0. The Hall–Kier alpha value is 0.690. The zero-order valence-electron chi connectivity index (χ0n) is 8.39. The van der Waals surface area contributed by atoms with Crippen molar-refractivity contribution in [1.29, 1.82) is 0 Å². The molecule has 0 aromatic rings. The summed E-state index contributed by atoms with van der Waals surface area (Å²) in [5, 5.41) is 0. The van der Waals surface area contributed by atoms with Gasteiger partial charge in [0, 0.05) is 16.5 Å². The number of halogens is 1. The molecule has 72 valence electrons. The molecule has 0 spiro atoms. The van der Waals surface area contributed by atoms with Crippen LogP contribution in [0.4, 0.5) is 0 Å². The minimum absolute atomic E-state index is 0.707. The van der Waals surface area contributed by atoms with Gasteiger partial charge < -0.3 is 4.90 Å². The molecule has 0 aromatic heterocycles. The van der Waals surface area contributed by atoms with Crippen LogP contribution < -0.4 is 0 Å². The average molecular weight is 281 g/mol. The van der Waals surface area contributed by atoms with Gasteiger partial charge in [-0.1, -0.05) is 22.6 Å². The van der Waals surface area contributed by atoms with E-state index in [-0.39, 0.29) is 0 Å². The van der Waals surface area contributed by atoms with Gasteiger partial charge >= 0.3 is 0 Å². The van der Waals surface area contributed by atoms with E-state index in [1.165, 1.54) is 25.8 Å². The minimum Gasteiger partial charge on any atom is -0.304 e. The van der Waals surface area contributed by atoms with Crippen LogP contribution in [0.5, 0.6) is 0 Å². The number of hydrogen-bond acceptors (Lipinski definition) is 1. The number of alkyl halides is 1. The molecule has 1 nitrogen and oxygen atoms in total. The Morgan fingerprint density at radius 2 is 2.08 bits per heavy atom. The Morgan fingerprint density at radius 1 is 1.42 bits per heavy atom. The van der Waals surface area contributed by atoms with Crippen molar-refractivity contribution in [2.75, 3.05) is 13.6 Å². The van der Waals surface area contributed by atoms with E-state index >= 15 is 0 Å². The molecule has 12 heavy (non-hydrogen) atoms. The van der Waals surface area contributed by atoms with E-state index in [1.54, 1.807) is 0 Å². The molecule has 1 fully saturated rings. The van der Waals surface area contributed by atoms with Crippen LogP contribution in [-0.2, 0) is 0 Å². The Labute approximate surface area is 90.0 Å². The summed E-state index contributed by atoms with van der Waals surface area (Å²) in [6.07, 6.45) is 4.33. The second-order valence-corrected chi connectivity index (χ2v) is 6.07. The lowest BCUT2D eigenvalue weighted by Gasteiger charge is -2.24. The molecule has 0 N–H and O–H groups in total. The van der Waals surface area contributed by atoms with Gasteiger partial charge in [-0.05, 0) is 46.1 Å². The fraction of sp³-hybridized carbons (Fsp3) is 1.00. The van der Waals surface area contributed by atoms with Crippen molar-refractivity contribution in [2.24, 2.45) is 5.92 Å². The number of nitrogens with zero attached hydrogens (tertiary/aromatic N) is 1. The first-order valence-corrected chi connectivity index (χ1v) is 6.18. The van der Waals surface area contributed by atoms with E-state index in [2.05, 4.69) is 48.4 Å². The molecule has 1 aliphatic carbocycles. The molecule has 2 unspecified atom stereocenters. The van der Waals surface area contributed by atoms with Crippen LogP contribution in [0, 0.1) is 5.92 Å². The maximum absolute atomic E-state index is 2.59. The van der Waals surface area contributed by atoms with Gasteiger partial charge in [0.2, 0.25) is 0 Å². The lowest BCUT2D eigenvalue weighted by atomic mass is 10.1. The van der Waals surface area contributed by atoms with Crippen molar-refractivity contribution in [1.82, 2.24) is 4.90 Å². The molecule has 2 atom stereocenters. The standard InChI is InChI=1S/C10H20IN/c1-8(2)12(3)7-9-4-5-10(11)6-9/h8-10H,4-7H2,1-3H3. The maximum atomic E-state index is 2.59. The van der Waals surface area contributed by atoms with Gasteiger partial charge in [-0.2, -0.15) is 0 Å². The van der Waals surface area contributed by atoms with E-state index < -0.39 is 0 Å². The highest BCUT2D eigenvalue weighted by atomic mass is 127.